The van der Waals surface area contributed by atoms with Crippen LogP contribution in [-0.2, 0) is 3.79 Å². The van der Waals surface area contributed by atoms with Crippen LogP contribution >= 0.6 is 0 Å². The van der Waals surface area contributed by atoms with Crippen LogP contribution < -0.4 is 0 Å². The molecule has 1 heterocycles. The van der Waals surface area contributed by atoms with E-state index in [-0.39, 0.29) is 0 Å². The summed E-state index contributed by atoms with van der Waals surface area (Å²) in [5.41, 5.74) is 1.32. The summed E-state index contributed by atoms with van der Waals surface area (Å²) >= 11 is -0.605. The van der Waals surface area contributed by atoms with Crippen molar-refractivity contribution < 1.29 is 3.79 Å². The van der Waals surface area contributed by atoms with Crippen LogP contribution in [0.3, 0.4) is 0 Å². The Morgan fingerprint density at radius 1 is 1.20 bits per heavy atom. The first-order chi connectivity index (χ1) is 7.33. The summed E-state index contributed by atoms with van der Waals surface area (Å²) in [4.78, 5) is 0. The second-order valence-corrected chi connectivity index (χ2v) is 7.02. The Labute approximate surface area is 98.2 Å². The SMILES string of the molecule is C[CH2][Al]1[CH2]CCC[O]1.Cc1ccccc1. The molecule has 0 atom stereocenters. The number of rotatable bonds is 1. The van der Waals surface area contributed by atoms with Crippen LogP contribution in [0.1, 0.15) is 25.3 Å². The highest BCUT2D eigenvalue weighted by molar-refractivity contribution is 6.51. The minimum Gasteiger partial charge on any atom is -0.501 e. The molecule has 0 bridgehead atoms. The second-order valence-electron chi connectivity index (χ2n) is 4.05. The van der Waals surface area contributed by atoms with Crippen molar-refractivity contribution in [2.24, 2.45) is 0 Å². The molecule has 2 rings (SSSR count). The van der Waals surface area contributed by atoms with E-state index < -0.39 is 14.5 Å². The fourth-order valence-corrected chi connectivity index (χ4v) is 3.72. The minimum absolute atomic E-state index is 0.605. The summed E-state index contributed by atoms with van der Waals surface area (Å²) in [7, 11) is 0. The molecule has 0 aromatic heterocycles. The fraction of sp³-hybridized carbons (Fsp3) is 0.538. The molecular formula is C13H21AlO. The van der Waals surface area contributed by atoms with Crippen molar-refractivity contribution in [2.45, 2.75) is 37.3 Å². The predicted octanol–water partition coefficient (Wildman–Crippen LogP) is 3.80. The lowest BCUT2D eigenvalue weighted by molar-refractivity contribution is 0.287. The number of aryl methyl sites for hydroxylation is 1. The van der Waals surface area contributed by atoms with Crippen LogP contribution in [0.25, 0.3) is 0 Å². The molecule has 0 N–H and O–H groups in total. The van der Waals surface area contributed by atoms with Crippen LogP contribution in [0.15, 0.2) is 30.3 Å². The van der Waals surface area contributed by atoms with Crippen molar-refractivity contribution in [3.05, 3.63) is 35.9 Å². The van der Waals surface area contributed by atoms with Gasteiger partial charge in [-0.3, -0.25) is 0 Å². The first-order valence-corrected chi connectivity index (χ1v) is 8.06. The lowest BCUT2D eigenvalue weighted by Gasteiger charge is -2.16. The Balaban J connectivity index is 0.000000151. The maximum absolute atomic E-state index is 5.57. The Kier molecular flexibility index (Phi) is 6.76. The molecule has 1 aliphatic heterocycles. The van der Waals surface area contributed by atoms with Gasteiger partial charge in [-0.05, 0) is 13.3 Å². The van der Waals surface area contributed by atoms with Gasteiger partial charge >= 0.3 is 14.5 Å². The lowest BCUT2D eigenvalue weighted by Crippen LogP contribution is -2.21. The highest BCUT2D eigenvalue weighted by Crippen LogP contribution is 2.12. The van der Waals surface area contributed by atoms with Crippen molar-refractivity contribution in [3.63, 3.8) is 0 Å². The van der Waals surface area contributed by atoms with Gasteiger partial charge in [-0.25, -0.2) is 0 Å². The van der Waals surface area contributed by atoms with Gasteiger partial charge in [0.25, 0.3) is 0 Å². The quantitative estimate of drug-likeness (QED) is 0.654. The fourth-order valence-electron chi connectivity index (χ4n) is 1.66. The molecule has 1 fully saturated rings. The summed E-state index contributed by atoms with van der Waals surface area (Å²) in [5, 5.41) is 2.76. The monoisotopic (exact) mass is 220 g/mol. The van der Waals surface area contributed by atoms with E-state index in [0.717, 1.165) is 6.61 Å². The molecule has 1 saturated heterocycles. The van der Waals surface area contributed by atoms with Crippen LogP contribution in [0.4, 0.5) is 0 Å². The van der Waals surface area contributed by atoms with E-state index in [0.29, 0.717) is 0 Å². The van der Waals surface area contributed by atoms with E-state index in [1.165, 1.54) is 29.0 Å². The van der Waals surface area contributed by atoms with Crippen molar-refractivity contribution in [1.29, 1.82) is 0 Å². The van der Waals surface area contributed by atoms with Gasteiger partial charge in [0.15, 0.2) is 0 Å². The maximum Gasteiger partial charge on any atom is 0.460 e. The minimum atomic E-state index is -0.605. The van der Waals surface area contributed by atoms with Crippen LogP contribution in [-0.4, -0.2) is 21.1 Å². The Morgan fingerprint density at radius 2 is 1.93 bits per heavy atom. The van der Waals surface area contributed by atoms with E-state index in [1.807, 2.05) is 18.2 Å². The molecule has 0 saturated carbocycles. The van der Waals surface area contributed by atoms with Crippen molar-refractivity contribution in [1.82, 2.24) is 0 Å². The first kappa shape index (κ1) is 12.8. The third-order valence-corrected chi connectivity index (χ3v) is 5.34. The summed E-state index contributed by atoms with van der Waals surface area (Å²) in [6, 6.07) is 10.3. The van der Waals surface area contributed by atoms with E-state index in [4.69, 9.17) is 3.79 Å². The number of hydrogen-bond donors (Lipinski definition) is 0. The topological polar surface area (TPSA) is 9.23 Å². The molecule has 0 amide bonds. The van der Waals surface area contributed by atoms with Crippen LogP contribution in [0, 0.1) is 6.92 Å². The lowest BCUT2D eigenvalue weighted by atomic mass is 10.2. The van der Waals surface area contributed by atoms with Gasteiger partial charge in [0.1, 0.15) is 0 Å². The largest absolute Gasteiger partial charge is 0.501 e. The third kappa shape index (κ3) is 6.00. The molecule has 0 unspecified atom stereocenters. The smallest absolute Gasteiger partial charge is 0.460 e. The molecule has 0 aliphatic carbocycles. The summed E-state index contributed by atoms with van der Waals surface area (Å²) in [6.07, 6.45) is 2.74. The van der Waals surface area contributed by atoms with Crippen LogP contribution in [0.2, 0.25) is 10.6 Å². The average molecular weight is 220 g/mol. The predicted molar refractivity (Wildman–Crippen MR) is 67.4 cm³/mol. The van der Waals surface area contributed by atoms with Gasteiger partial charge in [-0.15, -0.1) is 0 Å². The van der Waals surface area contributed by atoms with Gasteiger partial charge in [-0.1, -0.05) is 59.8 Å². The Morgan fingerprint density at radius 3 is 2.27 bits per heavy atom. The average Bonchev–Trinajstić information content (AvgIpc) is 2.32. The zero-order chi connectivity index (χ0) is 10.9. The number of hydrogen-bond acceptors (Lipinski definition) is 1. The number of benzene rings is 1. The molecule has 1 nitrogen and oxygen atoms in total. The molecule has 1 aliphatic rings. The third-order valence-electron chi connectivity index (χ3n) is 2.67. The van der Waals surface area contributed by atoms with Crippen molar-refractivity contribution in [2.75, 3.05) is 6.61 Å². The summed E-state index contributed by atoms with van der Waals surface area (Å²) < 4.78 is 5.57. The highest BCUT2D eigenvalue weighted by atomic mass is 27.2. The Bertz CT molecular complexity index is 242. The molecule has 2 heteroatoms. The molecule has 0 radical (unpaired) electrons. The Hall–Kier alpha value is -0.288. The van der Waals surface area contributed by atoms with E-state index >= 15 is 0 Å². The summed E-state index contributed by atoms with van der Waals surface area (Å²) in [6.45, 7) is 5.40. The van der Waals surface area contributed by atoms with Crippen LogP contribution in [0.5, 0.6) is 0 Å². The van der Waals surface area contributed by atoms with Gasteiger partial charge < -0.3 is 3.79 Å². The van der Waals surface area contributed by atoms with Gasteiger partial charge in [0.05, 0.1) is 0 Å². The van der Waals surface area contributed by atoms with Gasteiger partial charge in [0.2, 0.25) is 0 Å². The normalized spacial score (nSPS) is 15.5. The second kappa shape index (κ2) is 7.93. The zero-order valence-corrected chi connectivity index (χ0v) is 11.1. The molecule has 1 aromatic rings. The highest BCUT2D eigenvalue weighted by Gasteiger charge is 2.19. The van der Waals surface area contributed by atoms with E-state index in [2.05, 4.69) is 26.0 Å². The molecular weight excluding hydrogens is 199 g/mol. The molecule has 0 spiro atoms. The van der Waals surface area contributed by atoms with Crippen molar-refractivity contribution >= 4 is 14.5 Å². The van der Waals surface area contributed by atoms with Crippen molar-refractivity contribution in [3.8, 4) is 0 Å². The van der Waals surface area contributed by atoms with Gasteiger partial charge in [0, 0.05) is 6.61 Å². The summed E-state index contributed by atoms with van der Waals surface area (Å²) in [5.74, 6) is 0. The maximum atomic E-state index is 5.57. The molecule has 82 valence electrons. The van der Waals surface area contributed by atoms with Gasteiger partial charge in [-0.2, -0.15) is 0 Å². The standard InChI is InChI=1S/C7H8.C4H8O.C2H5.Al/c1-7-5-3-2-4-6-7;1-2-3-4-5;1-2;/h2-6H,1H3;1-4H2;1H2,2H3;/q;-1;;+1. The molecule has 15 heavy (non-hydrogen) atoms. The van der Waals surface area contributed by atoms with E-state index in [1.54, 1.807) is 0 Å². The zero-order valence-electron chi connectivity index (χ0n) is 9.91. The first-order valence-electron chi connectivity index (χ1n) is 5.96. The molecule has 1 aromatic carbocycles. The van der Waals surface area contributed by atoms with E-state index in [9.17, 15) is 0 Å².